The molecule has 1 unspecified atom stereocenters. The molecule has 1 atom stereocenters. The highest BCUT2D eigenvalue weighted by Gasteiger charge is 2.32. The summed E-state index contributed by atoms with van der Waals surface area (Å²) in [6.07, 6.45) is 6.06. The number of hydrogen-bond donors (Lipinski definition) is 2. The average Bonchev–Trinajstić information content (AvgIpc) is 3.18. The van der Waals surface area contributed by atoms with Crippen LogP contribution in [0.1, 0.15) is 72.3 Å². The molecule has 0 bridgehead atoms. The second-order valence-corrected chi connectivity index (χ2v) is 9.60. The quantitative estimate of drug-likeness (QED) is 0.670. The molecule has 2 amide bonds. The summed E-state index contributed by atoms with van der Waals surface area (Å²) in [5.41, 5.74) is 1.04. The Labute approximate surface area is 160 Å². The van der Waals surface area contributed by atoms with Crippen molar-refractivity contribution in [1.82, 2.24) is 20.2 Å². The van der Waals surface area contributed by atoms with Gasteiger partial charge in [0.2, 0.25) is 0 Å². The van der Waals surface area contributed by atoms with Gasteiger partial charge >= 0.3 is 0 Å². The number of hydrogen-bond acceptors (Lipinski definition) is 5. The molecule has 9 heteroatoms. The Balaban J connectivity index is 1.74. The fourth-order valence-electron chi connectivity index (χ4n) is 3.72. The van der Waals surface area contributed by atoms with E-state index in [0.29, 0.717) is 25.9 Å². The Bertz CT molecular complexity index is 816. The molecule has 3 heterocycles. The molecule has 0 radical (unpaired) electrons. The summed E-state index contributed by atoms with van der Waals surface area (Å²) in [5, 5.41) is 5.67. The van der Waals surface area contributed by atoms with Crippen LogP contribution in [0.4, 0.5) is 0 Å². The number of unbranched alkanes of at least 4 members (excludes halogenated alkanes) is 2. The lowest BCUT2D eigenvalue weighted by Crippen LogP contribution is -2.36. The van der Waals surface area contributed by atoms with Crippen LogP contribution < -0.4 is 10.6 Å². The molecule has 2 aliphatic rings. The Morgan fingerprint density at radius 1 is 1.22 bits per heavy atom. The van der Waals surface area contributed by atoms with E-state index in [4.69, 9.17) is 0 Å². The van der Waals surface area contributed by atoms with Crippen molar-refractivity contribution in [3.05, 3.63) is 17.2 Å². The monoisotopic (exact) mass is 396 g/mol. The van der Waals surface area contributed by atoms with E-state index >= 15 is 0 Å². The predicted molar refractivity (Wildman–Crippen MR) is 102 cm³/mol. The first-order valence-corrected chi connectivity index (χ1v) is 11.6. The van der Waals surface area contributed by atoms with Crippen LogP contribution in [0.15, 0.2) is 0 Å². The molecule has 2 N–H and O–H groups in total. The van der Waals surface area contributed by atoms with Gasteiger partial charge in [-0.1, -0.05) is 19.8 Å². The zero-order valence-corrected chi connectivity index (χ0v) is 16.6. The van der Waals surface area contributed by atoms with Crippen molar-refractivity contribution in [2.75, 3.05) is 18.1 Å². The van der Waals surface area contributed by atoms with Crippen molar-refractivity contribution >= 4 is 21.7 Å². The van der Waals surface area contributed by atoms with E-state index < -0.39 is 9.84 Å². The molecule has 27 heavy (non-hydrogen) atoms. The molecule has 8 nitrogen and oxygen atoms in total. The second-order valence-electron chi connectivity index (χ2n) is 7.38. The topological polar surface area (TPSA) is 110 Å². The SMILES string of the molecule is CCCCCNC(=O)c1nc(C(=O)NC2CCS(=O)(=O)C2)c2n1CCCC2. The normalized spacial score (nSPS) is 20.9. The van der Waals surface area contributed by atoms with Crippen molar-refractivity contribution in [2.24, 2.45) is 0 Å². The molecule has 1 aromatic heterocycles. The van der Waals surface area contributed by atoms with Gasteiger partial charge in [-0.25, -0.2) is 13.4 Å². The van der Waals surface area contributed by atoms with Gasteiger partial charge in [0, 0.05) is 19.1 Å². The van der Waals surface area contributed by atoms with E-state index in [1.54, 1.807) is 0 Å². The molecule has 3 rings (SSSR count). The Morgan fingerprint density at radius 2 is 2.04 bits per heavy atom. The Hall–Kier alpha value is -1.90. The molecule has 1 saturated heterocycles. The first kappa shape index (κ1) is 19.9. The maximum atomic E-state index is 12.7. The highest BCUT2D eigenvalue weighted by molar-refractivity contribution is 7.91. The highest BCUT2D eigenvalue weighted by Crippen LogP contribution is 2.22. The van der Waals surface area contributed by atoms with Crippen molar-refractivity contribution in [1.29, 1.82) is 0 Å². The fourth-order valence-corrected chi connectivity index (χ4v) is 5.39. The Kier molecular flexibility index (Phi) is 6.18. The largest absolute Gasteiger partial charge is 0.349 e. The van der Waals surface area contributed by atoms with Gasteiger partial charge in [-0.05, 0) is 32.1 Å². The van der Waals surface area contributed by atoms with Crippen LogP contribution in [0.3, 0.4) is 0 Å². The number of nitrogens with zero attached hydrogens (tertiary/aromatic N) is 2. The molecule has 1 aromatic rings. The van der Waals surface area contributed by atoms with Gasteiger partial charge in [-0.3, -0.25) is 9.59 Å². The molecule has 0 saturated carbocycles. The molecular formula is C18H28N4O4S. The molecule has 0 aromatic carbocycles. The minimum atomic E-state index is -3.07. The number of carbonyl (C=O) groups is 2. The summed E-state index contributed by atoms with van der Waals surface area (Å²) in [5.74, 6) is -0.278. The van der Waals surface area contributed by atoms with E-state index in [-0.39, 0.29) is 40.9 Å². The van der Waals surface area contributed by atoms with Gasteiger partial charge in [0.15, 0.2) is 15.7 Å². The first-order chi connectivity index (χ1) is 12.9. The first-order valence-electron chi connectivity index (χ1n) is 9.80. The van der Waals surface area contributed by atoms with Gasteiger partial charge in [-0.2, -0.15) is 0 Å². The number of nitrogens with one attached hydrogen (secondary N) is 2. The summed E-state index contributed by atoms with van der Waals surface area (Å²) >= 11 is 0. The number of aromatic nitrogens is 2. The van der Waals surface area contributed by atoms with Gasteiger partial charge < -0.3 is 15.2 Å². The third kappa shape index (κ3) is 4.69. The molecule has 1 fully saturated rings. The van der Waals surface area contributed by atoms with Crippen LogP contribution in [0.2, 0.25) is 0 Å². The van der Waals surface area contributed by atoms with Crippen molar-refractivity contribution in [3.8, 4) is 0 Å². The van der Waals surface area contributed by atoms with E-state index in [1.165, 1.54) is 0 Å². The lowest BCUT2D eigenvalue weighted by atomic mass is 10.1. The van der Waals surface area contributed by atoms with Gasteiger partial charge in [-0.15, -0.1) is 0 Å². The maximum Gasteiger partial charge on any atom is 0.287 e. The van der Waals surface area contributed by atoms with E-state index in [9.17, 15) is 18.0 Å². The summed E-state index contributed by atoms with van der Waals surface area (Å²) < 4.78 is 25.1. The van der Waals surface area contributed by atoms with Gasteiger partial charge in [0.05, 0.1) is 17.2 Å². The van der Waals surface area contributed by atoms with E-state index in [2.05, 4.69) is 22.5 Å². The average molecular weight is 397 g/mol. The zero-order valence-electron chi connectivity index (χ0n) is 15.8. The highest BCUT2D eigenvalue weighted by atomic mass is 32.2. The summed E-state index contributed by atoms with van der Waals surface area (Å²) in [6, 6.07) is -0.380. The number of rotatable bonds is 7. The molecule has 2 aliphatic heterocycles. The summed E-state index contributed by atoms with van der Waals surface area (Å²) in [7, 11) is -3.07. The fraction of sp³-hybridized carbons (Fsp3) is 0.722. The van der Waals surface area contributed by atoms with Gasteiger partial charge in [0.25, 0.3) is 11.8 Å². The van der Waals surface area contributed by atoms with Crippen molar-refractivity contribution in [2.45, 2.75) is 64.5 Å². The minimum absolute atomic E-state index is 0.0282. The predicted octanol–water partition coefficient (Wildman–Crippen LogP) is 1.06. The summed E-state index contributed by atoms with van der Waals surface area (Å²) in [6.45, 7) is 3.37. The van der Waals surface area contributed by atoms with Gasteiger partial charge in [0.1, 0.15) is 5.69 Å². The third-order valence-corrected chi connectivity index (χ3v) is 6.94. The van der Waals surface area contributed by atoms with Crippen LogP contribution in [-0.2, 0) is 22.8 Å². The smallest absolute Gasteiger partial charge is 0.287 e. The van der Waals surface area contributed by atoms with Crippen LogP contribution in [0, 0.1) is 0 Å². The molecule has 150 valence electrons. The maximum absolute atomic E-state index is 12.7. The number of fused-ring (bicyclic) bond motifs is 1. The molecular weight excluding hydrogens is 368 g/mol. The number of imidazole rings is 1. The number of sulfone groups is 1. The lowest BCUT2D eigenvalue weighted by molar-refractivity contribution is 0.0934. The summed E-state index contributed by atoms with van der Waals surface area (Å²) in [4.78, 5) is 29.6. The van der Waals surface area contributed by atoms with Crippen LogP contribution >= 0.6 is 0 Å². The second kappa shape index (κ2) is 8.41. The van der Waals surface area contributed by atoms with Crippen LogP contribution in [0.25, 0.3) is 0 Å². The van der Waals surface area contributed by atoms with E-state index in [0.717, 1.165) is 37.8 Å². The number of carbonyl (C=O) groups excluding carboxylic acids is 2. The molecule has 0 aliphatic carbocycles. The van der Waals surface area contributed by atoms with Crippen LogP contribution in [0.5, 0.6) is 0 Å². The zero-order chi connectivity index (χ0) is 19.4. The Morgan fingerprint density at radius 3 is 2.74 bits per heavy atom. The van der Waals surface area contributed by atoms with Crippen molar-refractivity contribution in [3.63, 3.8) is 0 Å². The lowest BCUT2D eigenvalue weighted by Gasteiger charge is -2.17. The third-order valence-electron chi connectivity index (χ3n) is 5.17. The van der Waals surface area contributed by atoms with Crippen molar-refractivity contribution < 1.29 is 18.0 Å². The van der Waals surface area contributed by atoms with E-state index in [1.807, 2.05) is 4.57 Å². The minimum Gasteiger partial charge on any atom is -0.349 e. The number of amides is 2. The molecule has 0 spiro atoms. The van der Waals surface area contributed by atoms with Crippen LogP contribution in [-0.4, -0.2) is 53.9 Å². The standard InChI is InChI=1S/C18H28N4O4S/c1-2-3-5-9-19-18(24)16-21-15(14-7-4-6-10-22(14)16)17(23)20-13-8-11-27(25,26)12-13/h13H,2-12H2,1H3,(H,19,24)(H,20,23).